The van der Waals surface area contributed by atoms with Gasteiger partial charge in [-0.1, -0.05) is 11.2 Å². The topological polar surface area (TPSA) is 99.2 Å². The van der Waals surface area contributed by atoms with Crippen molar-refractivity contribution in [3.05, 3.63) is 29.8 Å². The number of phenols is 1. The van der Waals surface area contributed by atoms with Crippen molar-refractivity contribution in [2.75, 3.05) is 6.54 Å². The average molecular weight is 249 g/mol. The highest BCUT2D eigenvalue weighted by atomic mass is 16.4. The number of aromatic hydroxyl groups is 1. The molecule has 1 aliphatic heterocycles. The van der Waals surface area contributed by atoms with E-state index in [9.17, 15) is 9.90 Å². The molecule has 6 heteroatoms. The molecule has 1 fully saturated rings. The largest absolute Gasteiger partial charge is 0.508 e. The number of carbonyl (C=O) groups is 1. The Hall–Kier alpha value is -2.24. The van der Waals surface area contributed by atoms with Gasteiger partial charge in [0.25, 0.3) is 5.91 Å². The SMILES string of the molecule is NC(=NO)C1CCCN1C(=O)c1cccc(O)c1. The van der Waals surface area contributed by atoms with E-state index in [4.69, 9.17) is 10.9 Å². The summed E-state index contributed by atoms with van der Waals surface area (Å²) in [6, 6.07) is 5.77. The third kappa shape index (κ3) is 2.22. The molecular weight excluding hydrogens is 234 g/mol. The number of rotatable bonds is 2. The number of nitrogens with two attached hydrogens (primary N) is 1. The van der Waals surface area contributed by atoms with E-state index in [0.717, 1.165) is 6.42 Å². The quantitative estimate of drug-likeness (QED) is 0.311. The van der Waals surface area contributed by atoms with Gasteiger partial charge in [-0.3, -0.25) is 4.79 Å². The normalized spacial score (nSPS) is 20.1. The van der Waals surface area contributed by atoms with Gasteiger partial charge in [-0.25, -0.2) is 0 Å². The molecule has 18 heavy (non-hydrogen) atoms. The highest BCUT2D eigenvalue weighted by molar-refractivity contribution is 5.98. The summed E-state index contributed by atoms with van der Waals surface area (Å²) in [7, 11) is 0. The molecule has 1 saturated heterocycles. The molecule has 4 N–H and O–H groups in total. The van der Waals surface area contributed by atoms with E-state index in [1.54, 1.807) is 17.0 Å². The van der Waals surface area contributed by atoms with Crippen LogP contribution in [0.2, 0.25) is 0 Å². The lowest BCUT2D eigenvalue weighted by Gasteiger charge is -2.23. The van der Waals surface area contributed by atoms with Crippen molar-refractivity contribution in [2.24, 2.45) is 10.9 Å². The molecular formula is C12H15N3O3. The fourth-order valence-corrected chi connectivity index (χ4v) is 2.19. The maximum absolute atomic E-state index is 12.3. The third-order valence-corrected chi connectivity index (χ3v) is 3.06. The number of oxime groups is 1. The summed E-state index contributed by atoms with van der Waals surface area (Å²) in [5, 5.41) is 21.0. The lowest BCUT2D eigenvalue weighted by molar-refractivity contribution is 0.0767. The number of hydrogen-bond donors (Lipinski definition) is 3. The van der Waals surface area contributed by atoms with Gasteiger partial charge in [0.2, 0.25) is 0 Å². The molecule has 96 valence electrons. The minimum atomic E-state index is -0.371. The second-order valence-electron chi connectivity index (χ2n) is 4.23. The second kappa shape index (κ2) is 4.95. The number of amidine groups is 1. The maximum atomic E-state index is 12.3. The first kappa shape index (κ1) is 12.2. The van der Waals surface area contributed by atoms with Crippen molar-refractivity contribution < 1.29 is 15.1 Å². The fraction of sp³-hybridized carbons (Fsp3) is 0.333. The summed E-state index contributed by atoms with van der Waals surface area (Å²) >= 11 is 0. The predicted octanol–water partition coefficient (Wildman–Crippen LogP) is 0.743. The van der Waals surface area contributed by atoms with E-state index >= 15 is 0 Å². The van der Waals surface area contributed by atoms with E-state index in [0.29, 0.717) is 18.5 Å². The number of hydrogen-bond acceptors (Lipinski definition) is 4. The summed E-state index contributed by atoms with van der Waals surface area (Å²) in [4.78, 5) is 13.8. The molecule has 1 aliphatic rings. The van der Waals surface area contributed by atoms with Crippen LogP contribution in [0.5, 0.6) is 5.75 Å². The van der Waals surface area contributed by atoms with Crippen LogP contribution in [-0.4, -0.2) is 39.5 Å². The van der Waals surface area contributed by atoms with Crippen molar-refractivity contribution >= 4 is 11.7 Å². The smallest absolute Gasteiger partial charge is 0.254 e. The van der Waals surface area contributed by atoms with E-state index < -0.39 is 0 Å². The van der Waals surface area contributed by atoms with Crippen LogP contribution in [0.4, 0.5) is 0 Å². The highest BCUT2D eigenvalue weighted by Crippen LogP contribution is 2.21. The Labute approximate surface area is 104 Å². The highest BCUT2D eigenvalue weighted by Gasteiger charge is 2.32. The Bertz CT molecular complexity index is 487. The zero-order valence-electron chi connectivity index (χ0n) is 9.78. The lowest BCUT2D eigenvalue weighted by Crippen LogP contribution is -2.43. The predicted molar refractivity (Wildman–Crippen MR) is 65.6 cm³/mol. The van der Waals surface area contributed by atoms with E-state index in [1.165, 1.54) is 12.1 Å². The number of nitrogens with zero attached hydrogens (tertiary/aromatic N) is 2. The second-order valence-corrected chi connectivity index (χ2v) is 4.23. The van der Waals surface area contributed by atoms with Crippen LogP contribution < -0.4 is 5.73 Å². The molecule has 1 unspecified atom stereocenters. The van der Waals surface area contributed by atoms with Gasteiger partial charge in [0.05, 0.1) is 6.04 Å². The molecule has 0 aliphatic carbocycles. The Morgan fingerprint density at radius 2 is 2.28 bits per heavy atom. The first-order valence-electron chi connectivity index (χ1n) is 5.71. The number of benzene rings is 1. The van der Waals surface area contributed by atoms with Crippen molar-refractivity contribution in [3.63, 3.8) is 0 Å². The van der Waals surface area contributed by atoms with Gasteiger partial charge >= 0.3 is 0 Å². The first-order chi connectivity index (χ1) is 8.63. The van der Waals surface area contributed by atoms with Gasteiger partial charge < -0.3 is 20.9 Å². The van der Waals surface area contributed by atoms with Gasteiger partial charge in [0, 0.05) is 12.1 Å². The van der Waals surface area contributed by atoms with Gasteiger partial charge in [-0.15, -0.1) is 0 Å². The van der Waals surface area contributed by atoms with Gasteiger partial charge in [0.1, 0.15) is 5.75 Å². The van der Waals surface area contributed by atoms with Crippen LogP contribution in [0.25, 0.3) is 0 Å². The zero-order valence-corrected chi connectivity index (χ0v) is 9.78. The van der Waals surface area contributed by atoms with Gasteiger partial charge in [-0.2, -0.15) is 0 Å². The monoisotopic (exact) mass is 249 g/mol. The number of amides is 1. The van der Waals surface area contributed by atoms with Gasteiger partial charge in [0.15, 0.2) is 5.84 Å². The Morgan fingerprint density at radius 1 is 1.50 bits per heavy atom. The summed E-state index contributed by atoms with van der Waals surface area (Å²) < 4.78 is 0. The number of carbonyl (C=O) groups excluding carboxylic acids is 1. The van der Waals surface area contributed by atoms with E-state index in [1.807, 2.05) is 0 Å². The molecule has 1 atom stereocenters. The van der Waals surface area contributed by atoms with Crippen LogP contribution in [0.3, 0.4) is 0 Å². The Balaban J connectivity index is 2.23. The molecule has 0 radical (unpaired) electrons. The molecule has 0 spiro atoms. The standard InChI is InChI=1S/C12H15N3O3/c13-11(14-18)10-5-2-6-15(10)12(17)8-3-1-4-9(16)7-8/h1,3-4,7,10,16,18H,2,5-6H2,(H2,13,14). The third-order valence-electron chi connectivity index (χ3n) is 3.06. The molecule has 0 saturated carbocycles. The van der Waals surface area contributed by atoms with Crippen LogP contribution >= 0.6 is 0 Å². The molecule has 2 rings (SSSR count). The Kier molecular flexibility index (Phi) is 3.36. The van der Waals surface area contributed by atoms with Crippen LogP contribution in [0.1, 0.15) is 23.2 Å². The molecule has 1 aromatic rings. The van der Waals surface area contributed by atoms with Crippen LogP contribution in [-0.2, 0) is 0 Å². The van der Waals surface area contributed by atoms with Crippen molar-refractivity contribution in [3.8, 4) is 5.75 Å². The summed E-state index contributed by atoms with van der Waals surface area (Å²) in [5.41, 5.74) is 5.97. The summed E-state index contributed by atoms with van der Waals surface area (Å²) in [6.45, 7) is 0.565. The van der Waals surface area contributed by atoms with Crippen molar-refractivity contribution in [1.29, 1.82) is 0 Å². The lowest BCUT2D eigenvalue weighted by atomic mass is 10.1. The minimum Gasteiger partial charge on any atom is -0.508 e. The molecule has 0 aromatic heterocycles. The van der Waals surface area contributed by atoms with Crippen molar-refractivity contribution in [2.45, 2.75) is 18.9 Å². The molecule has 1 aromatic carbocycles. The number of likely N-dealkylation sites (tertiary alicyclic amines) is 1. The summed E-state index contributed by atoms with van der Waals surface area (Å²) in [6.07, 6.45) is 1.49. The van der Waals surface area contributed by atoms with Crippen LogP contribution in [0, 0.1) is 0 Å². The van der Waals surface area contributed by atoms with Crippen molar-refractivity contribution in [1.82, 2.24) is 4.90 Å². The van der Waals surface area contributed by atoms with E-state index in [-0.39, 0.29) is 23.5 Å². The first-order valence-corrected chi connectivity index (χ1v) is 5.71. The molecule has 0 bridgehead atoms. The van der Waals surface area contributed by atoms with E-state index in [2.05, 4.69) is 5.16 Å². The average Bonchev–Trinajstić information content (AvgIpc) is 2.86. The minimum absolute atomic E-state index is 0.0420. The van der Waals surface area contributed by atoms with Gasteiger partial charge in [-0.05, 0) is 31.0 Å². The summed E-state index contributed by atoms with van der Waals surface area (Å²) in [5.74, 6) is -0.138. The maximum Gasteiger partial charge on any atom is 0.254 e. The molecule has 6 nitrogen and oxygen atoms in total. The van der Waals surface area contributed by atoms with Crippen LogP contribution in [0.15, 0.2) is 29.4 Å². The zero-order chi connectivity index (χ0) is 13.1. The fourth-order valence-electron chi connectivity index (χ4n) is 2.19. The molecule has 1 heterocycles. The number of phenolic OH excluding ortho intramolecular Hbond substituents is 1. The molecule has 1 amide bonds. The Morgan fingerprint density at radius 3 is 2.94 bits per heavy atom.